The second-order valence-corrected chi connectivity index (χ2v) is 12.2. The third-order valence-electron chi connectivity index (χ3n) is 10.5. The van der Waals surface area contributed by atoms with Crippen molar-refractivity contribution in [2.24, 2.45) is 46.3 Å². The van der Waals surface area contributed by atoms with E-state index in [-0.39, 0.29) is 11.2 Å². The van der Waals surface area contributed by atoms with Gasteiger partial charge in [-0.3, -0.25) is 4.79 Å². The first-order valence-electron chi connectivity index (χ1n) is 12.7. The maximum atomic E-state index is 12.1. The van der Waals surface area contributed by atoms with Crippen LogP contribution in [-0.4, -0.2) is 17.0 Å². The molecule has 2 heteroatoms. The van der Waals surface area contributed by atoms with Crippen LogP contribution < -0.4 is 0 Å². The van der Waals surface area contributed by atoms with Crippen molar-refractivity contribution < 1.29 is 9.90 Å². The summed E-state index contributed by atoms with van der Waals surface area (Å²) in [6.45, 7) is 16.3. The molecule has 30 heavy (non-hydrogen) atoms. The van der Waals surface area contributed by atoms with Gasteiger partial charge in [0.1, 0.15) is 0 Å². The first-order valence-corrected chi connectivity index (χ1v) is 12.7. The molecule has 4 aliphatic carbocycles. The second-order valence-electron chi connectivity index (χ2n) is 12.2. The van der Waals surface area contributed by atoms with Gasteiger partial charge in [-0.05, 0) is 109 Å². The van der Waals surface area contributed by atoms with Crippen LogP contribution in [0.25, 0.3) is 0 Å². The molecule has 4 aliphatic rings. The lowest BCUT2D eigenvalue weighted by Crippen LogP contribution is -2.54. The molecular formula is C28H44O2. The fourth-order valence-corrected chi connectivity index (χ4v) is 8.48. The fourth-order valence-electron chi connectivity index (χ4n) is 8.48. The largest absolute Gasteiger partial charge is 0.389 e. The number of hydrogen-bond donors (Lipinski definition) is 1. The molecule has 0 heterocycles. The molecule has 168 valence electrons. The Morgan fingerprint density at radius 2 is 1.90 bits per heavy atom. The summed E-state index contributed by atoms with van der Waals surface area (Å²) in [6.07, 6.45) is 11.6. The number of fused-ring (bicyclic) bond motifs is 5. The number of allylic oxidation sites excluding steroid dienone is 1. The Labute approximate surface area is 184 Å². The van der Waals surface area contributed by atoms with Crippen molar-refractivity contribution in [1.82, 2.24) is 0 Å². The predicted octanol–water partition coefficient (Wildman–Crippen LogP) is 6.73. The zero-order valence-corrected chi connectivity index (χ0v) is 20.0. The minimum Gasteiger partial charge on any atom is -0.389 e. The van der Waals surface area contributed by atoms with E-state index in [2.05, 4.69) is 41.2 Å². The highest BCUT2D eigenvalue weighted by Gasteiger charge is 2.60. The first kappa shape index (κ1) is 22.3. The van der Waals surface area contributed by atoms with Gasteiger partial charge in [0.05, 0.1) is 6.10 Å². The second kappa shape index (κ2) is 7.91. The quantitative estimate of drug-likeness (QED) is 0.508. The minimum atomic E-state index is -0.409. The van der Waals surface area contributed by atoms with Crippen LogP contribution in [-0.2, 0) is 4.79 Å². The normalized spacial score (nSPS) is 44.2. The summed E-state index contributed by atoms with van der Waals surface area (Å²) in [4.78, 5) is 12.1. The molecule has 2 nitrogen and oxygen atoms in total. The highest BCUT2D eigenvalue weighted by molar-refractivity contribution is 5.91. The number of aliphatic hydroxyl groups is 1. The average molecular weight is 413 g/mol. The molecule has 3 saturated carbocycles. The molecule has 0 radical (unpaired) electrons. The molecule has 8 atom stereocenters. The Kier molecular flexibility index (Phi) is 5.88. The lowest BCUT2D eigenvalue weighted by atomic mass is 9.46. The maximum absolute atomic E-state index is 12.1. The van der Waals surface area contributed by atoms with Gasteiger partial charge < -0.3 is 5.11 Å². The average Bonchev–Trinajstić information content (AvgIpc) is 3.04. The Morgan fingerprint density at radius 1 is 1.17 bits per heavy atom. The van der Waals surface area contributed by atoms with E-state index in [1.807, 2.05) is 6.08 Å². The van der Waals surface area contributed by atoms with Gasteiger partial charge in [-0.2, -0.15) is 0 Å². The topological polar surface area (TPSA) is 37.3 Å². The summed E-state index contributed by atoms with van der Waals surface area (Å²) in [7, 11) is 0. The lowest BCUT2D eigenvalue weighted by Gasteiger charge is -2.59. The van der Waals surface area contributed by atoms with E-state index in [0.717, 1.165) is 36.2 Å². The van der Waals surface area contributed by atoms with E-state index in [0.29, 0.717) is 29.6 Å². The number of rotatable bonds is 5. The Hall–Kier alpha value is -0.890. The van der Waals surface area contributed by atoms with Gasteiger partial charge in [-0.15, -0.1) is 0 Å². The van der Waals surface area contributed by atoms with Gasteiger partial charge >= 0.3 is 0 Å². The summed E-state index contributed by atoms with van der Waals surface area (Å²) in [5.41, 5.74) is 2.93. The molecule has 0 saturated heterocycles. The van der Waals surface area contributed by atoms with Crippen molar-refractivity contribution in [3.05, 3.63) is 23.8 Å². The van der Waals surface area contributed by atoms with Crippen molar-refractivity contribution in [2.45, 2.75) is 98.5 Å². The Bertz CT molecular complexity index is 733. The zero-order chi connectivity index (χ0) is 21.8. The summed E-state index contributed by atoms with van der Waals surface area (Å²) in [6, 6.07) is 0. The Morgan fingerprint density at radius 3 is 2.60 bits per heavy atom. The highest BCUT2D eigenvalue weighted by atomic mass is 16.3. The molecule has 0 spiro atoms. The number of aliphatic hydroxyl groups excluding tert-OH is 1. The molecule has 1 N–H and O–H groups in total. The third kappa shape index (κ3) is 3.46. The minimum absolute atomic E-state index is 0.0380. The van der Waals surface area contributed by atoms with Gasteiger partial charge in [0.25, 0.3) is 0 Å². The molecule has 0 amide bonds. The smallest absolute Gasteiger partial charge is 0.155 e. The van der Waals surface area contributed by atoms with E-state index in [1.54, 1.807) is 0 Å². The fraction of sp³-hybridized carbons (Fsp3) is 0.821. The van der Waals surface area contributed by atoms with Crippen molar-refractivity contribution in [3.8, 4) is 0 Å². The van der Waals surface area contributed by atoms with Gasteiger partial charge in [-0.1, -0.05) is 46.8 Å². The molecule has 4 rings (SSSR count). The number of carbonyl (C=O) groups is 1. The standard InChI is InChI=1S/C28H44O2/c1-17(2)18(3)7-8-19(4)22-9-10-23-21-16-26(30)25-15-20(29)11-13-28(25,6)24(21)12-14-27(22,23)5/h15,17,19,21-24,26,30H,3,7-14,16H2,1-2,4-6H3/t19-,21?,22?,23?,24?,26-,27-,28-/m1/s1. The van der Waals surface area contributed by atoms with Crippen LogP contribution in [0.5, 0.6) is 0 Å². The van der Waals surface area contributed by atoms with E-state index in [1.165, 1.54) is 44.1 Å². The number of carbonyl (C=O) groups excluding carboxylic acids is 1. The summed E-state index contributed by atoms with van der Waals surface area (Å²) < 4.78 is 0. The molecule has 0 aromatic carbocycles. The predicted molar refractivity (Wildman–Crippen MR) is 124 cm³/mol. The van der Waals surface area contributed by atoms with Crippen molar-refractivity contribution in [2.75, 3.05) is 0 Å². The molecule has 0 aromatic rings. The maximum Gasteiger partial charge on any atom is 0.155 e. The molecular weight excluding hydrogens is 368 g/mol. The summed E-state index contributed by atoms with van der Waals surface area (Å²) in [5, 5.41) is 11.1. The van der Waals surface area contributed by atoms with Gasteiger partial charge in [-0.25, -0.2) is 0 Å². The van der Waals surface area contributed by atoms with Crippen molar-refractivity contribution >= 4 is 5.78 Å². The van der Waals surface area contributed by atoms with Gasteiger partial charge in [0, 0.05) is 6.42 Å². The van der Waals surface area contributed by atoms with E-state index >= 15 is 0 Å². The van der Waals surface area contributed by atoms with Crippen LogP contribution in [0, 0.1) is 46.3 Å². The van der Waals surface area contributed by atoms with Gasteiger partial charge in [0.15, 0.2) is 5.78 Å². The first-order chi connectivity index (χ1) is 14.1. The molecule has 0 bridgehead atoms. The monoisotopic (exact) mass is 412 g/mol. The van der Waals surface area contributed by atoms with Gasteiger partial charge in [0.2, 0.25) is 0 Å². The highest BCUT2D eigenvalue weighted by Crippen LogP contribution is 2.67. The van der Waals surface area contributed by atoms with Crippen LogP contribution >= 0.6 is 0 Å². The molecule has 3 fully saturated rings. The molecule has 4 unspecified atom stereocenters. The third-order valence-corrected chi connectivity index (χ3v) is 10.5. The SMILES string of the molecule is C=C(CC[C@@H](C)C1CCC2C3C[C@@H](O)C4=CC(=O)CC[C@]4(C)C3CC[C@@]21C)C(C)C. The zero-order valence-electron chi connectivity index (χ0n) is 20.0. The van der Waals surface area contributed by atoms with Crippen LogP contribution in [0.15, 0.2) is 23.8 Å². The van der Waals surface area contributed by atoms with E-state index in [9.17, 15) is 9.90 Å². The van der Waals surface area contributed by atoms with Crippen molar-refractivity contribution in [1.29, 1.82) is 0 Å². The van der Waals surface area contributed by atoms with Crippen LogP contribution in [0.2, 0.25) is 0 Å². The number of ketones is 1. The summed E-state index contributed by atoms with van der Waals surface area (Å²) >= 11 is 0. The summed E-state index contributed by atoms with van der Waals surface area (Å²) in [5.74, 6) is 4.37. The van der Waals surface area contributed by atoms with E-state index in [4.69, 9.17) is 0 Å². The van der Waals surface area contributed by atoms with E-state index < -0.39 is 6.10 Å². The molecule has 0 aliphatic heterocycles. The van der Waals surface area contributed by atoms with Crippen LogP contribution in [0.1, 0.15) is 92.4 Å². The van der Waals surface area contributed by atoms with Crippen LogP contribution in [0.4, 0.5) is 0 Å². The van der Waals surface area contributed by atoms with Crippen molar-refractivity contribution in [3.63, 3.8) is 0 Å². The van der Waals surface area contributed by atoms with Crippen LogP contribution in [0.3, 0.4) is 0 Å². The Balaban J connectivity index is 1.53. The molecule has 0 aromatic heterocycles. The number of hydrogen-bond acceptors (Lipinski definition) is 2. The lowest BCUT2D eigenvalue weighted by molar-refractivity contribution is -0.119.